The monoisotopic (exact) mass is 485 g/mol. The Morgan fingerprint density at radius 3 is 2.35 bits per heavy atom. The molecule has 1 nitrogen and oxygen atoms in total. The van der Waals surface area contributed by atoms with Crippen molar-refractivity contribution >= 4 is 65.8 Å². The Bertz CT molecular complexity index is 490. The van der Waals surface area contributed by atoms with Gasteiger partial charge >= 0.3 is 0 Å². The summed E-state index contributed by atoms with van der Waals surface area (Å²) in [5.74, 6) is 0. The van der Waals surface area contributed by atoms with Gasteiger partial charge in [0, 0.05) is 12.9 Å². The molecule has 0 fully saturated rings. The van der Waals surface area contributed by atoms with E-state index in [-0.39, 0.29) is 6.04 Å². The first-order chi connectivity index (χ1) is 8.11. The molecule has 0 saturated heterocycles. The Labute approximate surface area is 135 Å². The second kappa shape index (κ2) is 6.14. The second-order valence-corrected chi connectivity index (χ2v) is 8.05. The zero-order valence-corrected chi connectivity index (χ0v) is 15.2. The fraction of sp³-hybridized carbons (Fsp3) is 0.167. The van der Waals surface area contributed by atoms with Crippen LogP contribution < -0.4 is 5.32 Å². The van der Waals surface area contributed by atoms with Gasteiger partial charge in [0.15, 0.2) is 0 Å². The van der Waals surface area contributed by atoms with E-state index in [4.69, 9.17) is 0 Å². The maximum atomic E-state index is 3.54. The van der Waals surface area contributed by atoms with Gasteiger partial charge in [-0.15, -0.1) is 11.3 Å². The molecule has 0 aliphatic carbocycles. The van der Waals surface area contributed by atoms with Gasteiger partial charge in [-0.1, -0.05) is 12.1 Å². The molecule has 1 unspecified atom stereocenters. The van der Waals surface area contributed by atoms with Crippen molar-refractivity contribution in [1.82, 2.24) is 5.32 Å². The highest BCUT2D eigenvalue weighted by Gasteiger charge is 2.15. The Hall–Kier alpha value is 0.570. The lowest BCUT2D eigenvalue weighted by Gasteiger charge is -2.14. The molecule has 17 heavy (non-hydrogen) atoms. The lowest BCUT2D eigenvalue weighted by Crippen LogP contribution is -2.16. The molecule has 0 spiro atoms. The Morgan fingerprint density at radius 2 is 1.88 bits per heavy atom. The molecule has 1 aromatic carbocycles. The van der Waals surface area contributed by atoms with E-state index in [1.165, 1.54) is 14.0 Å². The van der Waals surface area contributed by atoms with Crippen molar-refractivity contribution in [2.75, 3.05) is 7.05 Å². The largest absolute Gasteiger partial charge is 0.309 e. The highest BCUT2D eigenvalue weighted by Crippen LogP contribution is 2.37. The standard InChI is InChI=1S/C12H10Br2INS/c1-16-11(7-2-4-8(15)5-3-7)10-6-9(13)12(14)17-10/h2-6,11,16H,1H3. The molecule has 2 rings (SSSR count). The van der Waals surface area contributed by atoms with Gasteiger partial charge < -0.3 is 5.32 Å². The first-order valence-corrected chi connectivity index (χ1v) is 8.47. The third-order valence-electron chi connectivity index (χ3n) is 2.44. The van der Waals surface area contributed by atoms with Gasteiger partial charge in [0.1, 0.15) is 0 Å². The quantitative estimate of drug-likeness (QED) is 0.589. The molecule has 1 N–H and O–H groups in total. The SMILES string of the molecule is CNC(c1ccc(I)cc1)c1cc(Br)c(Br)s1. The summed E-state index contributed by atoms with van der Waals surface area (Å²) in [5, 5.41) is 3.36. The number of thiophene rings is 1. The van der Waals surface area contributed by atoms with Crippen LogP contribution in [0.4, 0.5) is 0 Å². The Morgan fingerprint density at radius 1 is 1.24 bits per heavy atom. The Balaban J connectivity index is 2.36. The van der Waals surface area contributed by atoms with Crippen LogP contribution in [0.1, 0.15) is 16.5 Å². The van der Waals surface area contributed by atoms with E-state index < -0.39 is 0 Å². The molecule has 0 aliphatic rings. The summed E-state index contributed by atoms with van der Waals surface area (Å²) in [5.41, 5.74) is 1.29. The first kappa shape index (κ1) is 14.0. The number of hydrogen-bond donors (Lipinski definition) is 1. The summed E-state index contributed by atoms with van der Waals surface area (Å²) in [4.78, 5) is 1.30. The number of rotatable bonds is 3. The molecular formula is C12H10Br2INS. The lowest BCUT2D eigenvalue weighted by atomic mass is 10.1. The molecule has 1 aromatic heterocycles. The average molecular weight is 487 g/mol. The lowest BCUT2D eigenvalue weighted by molar-refractivity contribution is 0.703. The molecule has 0 saturated carbocycles. The summed E-state index contributed by atoms with van der Waals surface area (Å²) in [7, 11) is 1.99. The number of halogens is 3. The molecule has 1 heterocycles. The second-order valence-electron chi connectivity index (χ2n) is 3.54. The topological polar surface area (TPSA) is 12.0 Å². The van der Waals surface area contributed by atoms with E-state index in [0.717, 1.165) is 8.26 Å². The number of benzene rings is 1. The van der Waals surface area contributed by atoms with E-state index in [2.05, 4.69) is 90.1 Å². The van der Waals surface area contributed by atoms with Gasteiger partial charge in [0.25, 0.3) is 0 Å². The first-order valence-electron chi connectivity index (χ1n) is 4.99. The molecule has 90 valence electrons. The van der Waals surface area contributed by atoms with Gasteiger partial charge in [0.2, 0.25) is 0 Å². The maximum absolute atomic E-state index is 3.54. The summed E-state index contributed by atoms with van der Waals surface area (Å²) in [6.07, 6.45) is 0. The zero-order valence-electron chi connectivity index (χ0n) is 9.01. The van der Waals surface area contributed by atoms with Gasteiger partial charge in [-0.2, -0.15) is 0 Å². The van der Waals surface area contributed by atoms with Crippen LogP contribution in [-0.4, -0.2) is 7.05 Å². The molecule has 1 atom stereocenters. The third kappa shape index (κ3) is 3.32. The molecule has 0 bridgehead atoms. The zero-order chi connectivity index (χ0) is 12.4. The van der Waals surface area contributed by atoms with Crippen LogP contribution in [0.2, 0.25) is 0 Å². The normalized spacial score (nSPS) is 12.7. The number of nitrogens with one attached hydrogen (secondary N) is 1. The van der Waals surface area contributed by atoms with Crippen molar-refractivity contribution in [3.8, 4) is 0 Å². The minimum absolute atomic E-state index is 0.250. The molecule has 0 radical (unpaired) electrons. The van der Waals surface area contributed by atoms with E-state index in [1.807, 2.05) is 7.05 Å². The van der Waals surface area contributed by atoms with Crippen molar-refractivity contribution < 1.29 is 0 Å². The van der Waals surface area contributed by atoms with Crippen LogP contribution in [0.15, 0.2) is 38.6 Å². The summed E-state index contributed by atoms with van der Waals surface area (Å²) < 4.78 is 3.51. The summed E-state index contributed by atoms with van der Waals surface area (Å²) in [6.45, 7) is 0. The summed E-state index contributed by atoms with van der Waals surface area (Å²) >= 11 is 11.1. The smallest absolute Gasteiger partial charge is 0.0843 e. The van der Waals surface area contributed by atoms with Crippen molar-refractivity contribution in [3.63, 3.8) is 0 Å². The van der Waals surface area contributed by atoms with Crippen LogP contribution >= 0.6 is 65.8 Å². The van der Waals surface area contributed by atoms with Crippen LogP contribution in [0.3, 0.4) is 0 Å². The van der Waals surface area contributed by atoms with E-state index in [1.54, 1.807) is 11.3 Å². The predicted molar refractivity (Wildman–Crippen MR) is 89.8 cm³/mol. The summed E-state index contributed by atoms with van der Waals surface area (Å²) in [6, 6.07) is 11.0. The van der Waals surface area contributed by atoms with Crippen LogP contribution in [-0.2, 0) is 0 Å². The highest BCUT2D eigenvalue weighted by atomic mass is 127. The average Bonchev–Trinajstić information content (AvgIpc) is 2.63. The molecular weight excluding hydrogens is 477 g/mol. The Kier molecular flexibility index (Phi) is 5.06. The minimum Gasteiger partial charge on any atom is -0.309 e. The van der Waals surface area contributed by atoms with Crippen molar-refractivity contribution in [3.05, 3.63) is 52.6 Å². The van der Waals surface area contributed by atoms with Crippen LogP contribution in [0.5, 0.6) is 0 Å². The fourth-order valence-corrected chi connectivity index (χ4v) is 4.22. The van der Waals surface area contributed by atoms with Gasteiger partial charge in [-0.25, -0.2) is 0 Å². The van der Waals surface area contributed by atoms with Crippen LogP contribution in [0, 0.1) is 3.57 Å². The number of hydrogen-bond acceptors (Lipinski definition) is 2. The third-order valence-corrected chi connectivity index (χ3v) is 6.48. The maximum Gasteiger partial charge on any atom is 0.0843 e. The minimum atomic E-state index is 0.250. The highest BCUT2D eigenvalue weighted by molar-refractivity contribution is 14.1. The molecule has 0 aliphatic heterocycles. The molecule has 0 amide bonds. The van der Waals surface area contributed by atoms with E-state index in [0.29, 0.717) is 0 Å². The van der Waals surface area contributed by atoms with Gasteiger partial charge in [-0.05, 0) is 85.3 Å². The van der Waals surface area contributed by atoms with Crippen LogP contribution in [0.25, 0.3) is 0 Å². The molecule has 2 aromatic rings. The molecule has 5 heteroatoms. The van der Waals surface area contributed by atoms with Crippen molar-refractivity contribution in [2.45, 2.75) is 6.04 Å². The van der Waals surface area contributed by atoms with E-state index >= 15 is 0 Å². The fourth-order valence-electron chi connectivity index (χ4n) is 1.63. The van der Waals surface area contributed by atoms with Crippen molar-refractivity contribution in [2.24, 2.45) is 0 Å². The van der Waals surface area contributed by atoms with Crippen molar-refractivity contribution in [1.29, 1.82) is 0 Å². The predicted octanol–water partition coefficient (Wildman–Crippen LogP) is 5.19. The van der Waals surface area contributed by atoms with Gasteiger partial charge in [-0.3, -0.25) is 0 Å². The van der Waals surface area contributed by atoms with Gasteiger partial charge in [0.05, 0.1) is 9.83 Å². The van der Waals surface area contributed by atoms with E-state index in [9.17, 15) is 0 Å².